The van der Waals surface area contributed by atoms with Crippen molar-refractivity contribution in [2.45, 2.75) is 12.3 Å². The number of amides is 2. The quantitative estimate of drug-likeness (QED) is 0.356. The third-order valence-corrected chi connectivity index (χ3v) is 3.96. The van der Waals surface area contributed by atoms with Gasteiger partial charge in [0.05, 0.1) is 16.2 Å². The summed E-state index contributed by atoms with van der Waals surface area (Å²) >= 11 is 5.74. The highest BCUT2D eigenvalue weighted by Gasteiger charge is 2.18. The molecule has 148 valence electrons. The van der Waals surface area contributed by atoms with E-state index in [9.17, 15) is 19.7 Å². The van der Waals surface area contributed by atoms with E-state index in [4.69, 9.17) is 16.0 Å². The molecule has 0 radical (unpaired) electrons. The number of hydrogen-bond donors (Lipinski definition) is 2. The Kier molecular flexibility index (Phi) is 5.84. The largest absolute Gasteiger partial charge is 0.403 e. The van der Waals surface area contributed by atoms with Crippen molar-refractivity contribution in [1.82, 2.24) is 10.2 Å². The topological polar surface area (TPSA) is 140 Å². The standard InChI is InChI=1S/C18H14ClN5O5/c1-10(19)15(25)20-14-5-3-2-4-13(14)16(26)21-18-23-22-17(29-18)11-6-8-12(9-7-11)24(27)28/h2-10H,1H3,(H,20,25)(H,21,23,26)/t10-/m1/s1. The summed E-state index contributed by atoms with van der Waals surface area (Å²) in [6.07, 6.45) is 0. The van der Waals surface area contributed by atoms with Gasteiger partial charge in [-0.15, -0.1) is 16.7 Å². The minimum Gasteiger partial charge on any atom is -0.403 e. The lowest BCUT2D eigenvalue weighted by atomic mass is 10.1. The molecule has 0 saturated carbocycles. The number of aromatic nitrogens is 2. The number of hydrogen-bond acceptors (Lipinski definition) is 7. The molecule has 0 bridgehead atoms. The lowest BCUT2D eigenvalue weighted by Crippen LogP contribution is -2.23. The summed E-state index contributed by atoms with van der Waals surface area (Å²) in [5, 5.41) is 22.5. The minimum absolute atomic E-state index is 0.0766. The molecule has 3 rings (SSSR count). The Morgan fingerprint density at radius 3 is 2.45 bits per heavy atom. The summed E-state index contributed by atoms with van der Waals surface area (Å²) in [6, 6.07) is 11.7. The maximum absolute atomic E-state index is 12.6. The Labute approximate surface area is 169 Å². The van der Waals surface area contributed by atoms with Crippen LogP contribution in [-0.4, -0.2) is 32.3 Å². The zero-order chi connectivity index (χ0) is 21.0. The van der Waals surface area contributed by atoms with Crippen LogP contribution in [0.4, 0.5) is 17.4 Å². The van der Waals surface area contributed by atoms with E-state index in [0.717, 1.165) is 0 Å². The molecule has 3 aromatic rings. The predicted octanol–water partition coefficient (Wildman–Crippen LogP) is 3.46. The van der Waals surface area contributed by atoms with E-state index in [0.29, 0.717) is 5.56 Å². The number of non-ortho nitro benzene ring substituents is 1. The molecule has 10 nitrogen and oxygen atoms in total. The molecule has 1 atom stereocenters. The summed E-state index contributed by atoms with van der Waals surface area (Å²) in [4.78, 5) is 34.6. The van der Waals surface area contributed by atoms with Gasteiger partial charge in [-0.1, -0.05) is 17.2 Å². The van der Waals surface area contributed by atoms with Gasteiger partial charge in [0.1, 0.15) is 5.38 Å². The van der Waals surface area contributed by atoms with E-state index in [1.54, 1.807) is 18.2 Å². The monoisotopic (exact) mass is 415 g/mol. The fourth-order valence-electron chi connectivity index (χ4n) is 2.30. The fraction of sp³-hybridized carbons (Fsp3) is 0.111. The van der Waals surface area contributed by atoms with Crippen LogP contribution >= 0.6 is 11.6 Å². The maximum Gasteiger partial charge on any atom is 0.322 e. The fourth-order valence-corrected chi connectivity index (χ4v) is 2.36. The molecule has 0 unspecified atom stereocenters. The molecule has 0 fully saturated rings. The Balaban J connectivity index is 1.76. The van der Waals surface area contributed by atoms with Crippen molar-refractivity contribution < 1.29 is 18.9 Å². The maximum atomic E-state index is 12.6. The summed E-state index contributed by atoms with van der Waals surface area (Å²) in [7, 11) is 0. The highest BCUT2D eigenvalue weighted by Crippen LogP contribution is 2.23. The molecule has 29 heavy (non-hydrogen) atoms. The summed E-state index contributed by atoms with van der Waals surface area (Å²) in [5.74, 6) is -0.958. The third kappa shape index (κ3) is 4.74. The smallest absolute Gasteiger partial charge is 0.322 e. The number of para-hydroxylation sites is 1. The van der Waals surface area contributed by atoms with Gasteiger partial charge in [0.2, 0.25) is 11.8 Å². The number of nitrogens with zero attached hydrogens (tertiary/aromatic N) is 3. The highest BCUT2D eigenvalue weighted by molar-refractivity contribution is 6.32. The van der Waals surface area contributed by atoms with E-state index in [1.807, 2.05) is 0 Å². The average Bonchev–Trinajstić information content (AvgIpc) is 3.16. The van der Waals surface area contributed by atoms with Crippen LogP contribution in [0.15, 0.2) is 52.9 Å². The van der Waals surface area contributed by atoms with E-state index in [2.05, 4.69) is 20.8 Å². The second kappa shape index (κ2) is 8.48. The Morgan fingerprint density at radius 2 is 1.79 bits per heavy atom. The number of alkyl halides is 1. The minimum atomic E-state index is -0.772. The second-order valence-corrected chi connectivity index (χ2v) is 6.48. The van der Waals surface area contributed by atoms with E-state index in [1.165, 1.54) is 37.3 Å². The van der Waals surface area contributed by atoms with Gasteiger partial charge < -0.3 is 9.73 Å². The van der Waals surface area contributed by atoms with Gasteiger partial charge in [-0.3, -0.25) is 25.0 Å². The van der Waals surface area contributed by atoms with Crippen LogP contribution in [0.5, 0.6) is 0 Å². The van der Waals surface area contributed by atoms with Crippen molar-refractivity contribution >= 4 is 40.8 Å². The van der Waals surface area contributed by atoms with Crippen LogP contribution in [0.2, 0.25) is 0 Å². The first-order valence-corrected chi connectivity index (χ1v) is 8.72. The molecule has 0 aliphatic carbocycles. The molecule has 1 heterocycles. The first kappa shape index (κ1) is 20.0. The van der Waals surface area contributed by atoms with E-state index in [-0.39, 0.29) is 28.8 Å². The Bertz CT molecular complexity index is 1060. The van der Waals surface area contributed by atoms with Crippen LogP contribution in [0.1, 0.15) is 17.3 Å². The molecule has 0 spiro atoms. The van der Waals surface area contributed by atoms with Crippen molar-refractivity contribution in [3.63, 3.8) is 0 Å². The van der Waals surface area contributed by atoms with Gasteiger partial charge in [0.15, 0.2) is 0 Å². The zero-order valence-electron chi connectivity index (χ0n) is 15.0. The second-order valence-electron chi connectivity index (χ2n) is 5.82. The number of benzene rings is 2. The number of nitro groups is 1. The number of rotatable bonds is 6. The predicted molar refractivity (Wildman–Crippen MR) is 105 cm³/mol. The normalized spacial score (nSPS) is 11.5. The van der Waals surface area contributed by atoms with Gasteiger partial charge in [0, 0.05) is 17.7 Å². The van der Waals surface area contributed by atoms with Crippen molar-refractivity contribution in [2.75, 3.05) is 10.6 Å². The average molecular weight is 416 g/mol. The summed E-state index contributed by atoms with van der Waals surface area (Å²) in [5.41, 5.74) is 0.824. The number of carbonyl (C=O) groups excluding carboxylic acids is 2. The van der Waals surface area contributed by atoms with Gasteiger partial charge in [-0.05, 0) is 31.2 Å². The molecule has 2 aromatic carbocycles. The zero-order valence-corrected chi connectivity index (χ0v) is 15.7. The highest BCUT2D eigenvalue weighted by atomic mass is 35.5. The number of nitro benzene ring substituents is 1. The molecule has 0 aliphatic heterocycles. The van der Waals surface area contributed by atoms with Crippen molar-refractivity contribution in [3.05, 3.63) is 64.2 Å². The van der Waals surface area contributed by atoms with Crippen LogP contribution in [0.25, 0.3) is 11.5 Å². The molecular weight excluding hydrogens is 402 g/mol. The van der Waals surface area contributed by atoms with E-state index < -0.39 is 22.1 Å². The van der Waals surface area contributed by atoms with Gasteiger partial charge in [-0.25, -0.2) is 0 Å². The van der Waals surface area contributed by atoms with Crippen LogP contribution in [0.3, 0.4) is 0 Å². The lowest BCUT2D eigenvalue weighted by molar-refractivity contribution is -0.384. The number of nitrogens with one attached hydrogen (secondary N) is 2. The van der Waals surface area contributed by atoms with Crippen LogP contribution in [-0.2, 0) is 4.79 Å². The Hall–Kier alpha value is -3.79. The number of halogens is 1. The molecule has 1 aromatic heterocycles. The van der Waals surface area contributed by atoms with Gasteiger partial charge in [-0.2, -0.15) is 0 Å². The van der Waals surface area contributed by atoms with Crippen LogP contribution < -0.4 is 10.6 Å². The van der Waals surface area contributed by atoms with Crippen molar-refractivity contribution in [2.24, 2.45) is 0 Å². The van der Waals surface area contributed by atoms with Crippen molar-refractivity contribution in [1.29, 1.82) is 0 Å². The van der Waals surface area contributed by atoms with Gasteiger partial charge in [0.25, 0.3) is 11.6 Å². The summed E-state index contributed by atoms with van der Waals surface area (Å²) < 4.78 is 5.39. The SMILES string of the molecule is C[C@@H](Cl)C(=O)Nc1ccccc1C(=O)Nc1nnc(-c2ccc([N+](=O)[O-])cc2)o1. The third-order valence-electron chi connectivity index (χ3n) is 3.76. The molecular formula is C18H14ClN5O5. The van der Waals surface area contributed by atoms with Gasteiger partial charge >= 0.3 is 6.01 Å². The van der Waals surface area contributed by atoms with E-state index >= 15 is 0 Å². The molecule has 2 amide bonds. The number of anilines is 2. The molecule has 2 N–H and O–H groups in total. The first-order valence-electron chi connectivity index (χ1n) is 8.29. The lowest BCUT2D eigenvalue weighted by Gasteiger charge is -2.10. The van der Waals surface area contributed by atoms with Crippen molar-refractivity contribution in [3.8, 4) is 11.5 Å². The molecule has 0 aliphatic rings. The molecule has 0 saturated heterocycles. The first-order chi connectivity index (χ1) is 13.8. The summed E-state index contributed by atoms with van der Waals surface area (Å²) in [6.45, 7) is 1.51. The molecule has 11 heteroatoms. The number of carbonyl (C=O) groups is 2. The van der Waals surface area contributed by atoms with Crippen LogP contribution in [0, 0.1) is 10.1 Å². The Morgan fingerprint density at radius 1 is 1.10 bits per heavy atom.